The first-order valence-corrected chi connectivity index (χ1v) is 12.8. The number of rotatable bonds is 3. The van der Waals surface area contributed by atoms with Crippen LogP contribution in [-0.4, -0.2) is 67.9 Å². The second-order valence-corrected chi connectivity index (χ2v) is 11.0. The number of alkyl halides is 2. The highest BCUT2D eigenvalue weighted by Gasteiger charge is 2.62. The van der Waals surface area contributed by atoms with Gasteiger partial charge in [-0.1, -0.05) is 0 Å². The Morgan fingerprint density at radius 2 is 1.92 bits per heavy atom. The molecule has 1 saturated heterocycles. The molecule has 1 saturated carbocycles. The smallest absolute Gasteiger partial charge is 0.274 e. The highest BCUT2D eigenvalue weighted by molar-refractivity contribution is 5.93. The Labute approximate surface area is 213 Å². The minimum absolute atomic E-state index is 0.123. The van der Waals surface area contributed by atoms with E-state index in [4.69, 9.17) is 4.98 Å². The summed E-state index contributed by atoms with van der Waals surface area (Å²) in [6.07, 6.45) is 5.37. The fourth-order valence-electron chi connectivity index (χ4n) is 6.46. The van der Waals surface area contributed by atoms with Crippen LogP contribution in [-0.2, 0) is 19.5 Å². The minimum atomic E-state index is -2.58. The Kier molecular flexibility index (Phi) is 4.84. The third kappa shape index (κ3) is 3.74. The maximum absolute atomic E-state index is 13.3. The summed E-state index contributed by atoms with van der Waals surface area (Å²) < 4.78 is 28.6. The second kappa shape index (κ2) is 7.93. The molecule has 0 radical (unpaired) electrons. The molecule has 1 spiro atoms. The van der Waals surface area contributed by atoms with Crippen molar-refractivity contribution in [3.05, 3.63) is 53.1 Å². The van der Waals surface area contributed by atoms with E-state index in [-0.39, 0.29) is 24.4 Å². The lowest BCUT2D eigenvalue weighted by molar-refractivity contribution is -0.204. The Balaban J connectivity index is 1.06. The maximum Gasteiger partial charge on any atom is 0.274 e. The molecule has 192 valence electrons. The van der Waals surface area contributed by atoms with E-state index >= 15 is 0 Å². The van der Waals surface area contributed by atoms with E-state index in [1.807, 2.05) is 30.1 Å². The summed E-state index contributed by atoms with van der Waals surface area (Å²) in [6, 6.07) is 6.01. The molecular formula is C26H28F2N8O. The van der Waals surface area contributed by atoms with Crippen molar-refractivity contribution in [1.82, 2.24) is 29.9 Å². The van der Waals surface area contributed by atoms with Gasteiger partial charge in [0.15, 0.2) is 11.5 Å². The zero-order valence-corrected chi connectivity index (χ0v) is 20.7. The quantitative estimate of drug-likeness (QED) is 0.539. The van der Waals surface area contributed by atoms with Gasteiger partial charge in [-0.25, -0.2) is 13.5 Å². The third-order valence-corrected chi connectivity index (χ3v) is 8.14. The molecule has 0 unspecified atom stereocenters. The summed E-state index contributed by atoms with van der Waals surface area (Å²) in [5.41, 5.74) is 4.05. The molecule has 7 rings (SSSR count). The first-order chi connectivity index (χ1) is 17.8. The van der Waals surface area contributed by atoms with E-state index in [1.165, 1.54) is 0 Å². The fraction of sp³-hybridized carbons (Fsp3) is 0.500. The van der Waals surface area contributed by atoms with Gasteiger partial charge >= 0.3 is 0 Å². The molecule has 9 nitrogen and oxygen atoms in total. The average molecular weight is 507 g/mol. The lowest BCUT2D eigenvalue weighted by Gasteiger charge is -2.58. The fourth-order valence-corrected chi connectivity index (χ4v) is 6.46. The van der Waals surface area contributed by atoms with Crippen molar-refractivity contribution in [1.29, 1.82) is 0 Å². The summed E-state index contributed by atoms with van der Waals surface area (Å²) in [5.74, 6) is -0.974. The molecule has 3 aliphatic heterocycles. The Hall–Kier alpha value is -3.63. The number of pyridine rings is 1. The van der Waals surface area contributed by atoms with Crippen molar-refractivity contribution in [2.75, 3.05) is 36.0 Å². The van der Waals surface area contributed by atoms with E-state index in [9.17, 15) is 13.6 Å². The molecule has 3 aromatic heterocycles. The van der Waals surface area contributed by atoms with Crippen LogP contribution >= 0.6 is 0 Å². The summed E-state index contributed by atoms with van der Waals surface area (Å²) in [4.78, 5) is 23.7. The molecular weight excluding hydrogens is 478 g/mol. The van der Waals surface area contributed by atoms with Crippen molar-refractivity contribution in [3.63, 3.8) is 0 Å². The van der Waals surface area contributed by atoms with Gasteiger partial charge in [0, 0.05) is 75.7 Å². The van der Waals surface area contributed by atoms with Crippen LogP contribution in [0.25, 0.3) is 0 Å². The molecule has 2 fully saturated rings. The van der Waals surface area contributed by atoms with Gasteiger partial charge in [0.1, 0.15) is 5.82 Å². The van der Waals surface area contributed by atoms with Gasteiger partial charge in [-0.15, -0.1) is 10.2 Å². The van der Waals surface area contributed by atoms with Crippen LogP contribution in [0.4, 0.5) is 26.1 Å². The lowest BCUT2D eigenvalue weighted by Crippen LogP contribution is -2.66. The van der Waals surface area contributed by atoms with E-state index in [1.54, 1.807) is 11.0 Å². The number of hydrogen-bond acceptors (Lipinski definition) is 7. The van der Waals surface area contributed by atoms with E-state index < -0.39 is 11.3 Å². The van der Waals surface area contributed by atoms with Crippen molar-refractivity contribution >= 4 is 23.2 Å². The van der Waals surface area contributed by atoms with Crippen molar-refractivity contribution in [2.24, 2.45) is 5.41 Å². The van der Waals surface area contributed by atoms with Crippen LogP contribution in [0.2, 0.25) is 0 Å². The standard InChI is InChI=1S/C26H28F2N8O/c1-17-9-21(24(37)34-15-25(16-34)13-26(27,28)14-25)31-32-23(17)33-8-4-20-18(12-33)10-19(11-29-20)35-6-2-7-36-22(35)3-5-30-36/h3,5,9-11H,2,4,6-8,12-16H2,1H3. The maximum atomic E-state index is 13.3. The van der Waals surface area contributed by atoms with Crippen LogP contribution < -0.4 is 9.80 Å². The molecule has 0 atom stereocenters. The number of aromatic nitrogens is 5. The zero-order chi connectivity index (χ0) is 25.4. The average Bonchev–Trinajstić information content (AvgIpc) is 3.33. The second-order valence-electron chi connectivity index (χ2n) is 11.0. The Morgan fingerprint density at radius 3 is 2.70 bits per heavy atom. The minimum Gasteiger partial charge on any atom is -0.350 e. The molecule has 37 heavy (non-hydrogen) atoms. The number of likely N-dealkylation sites (tertiary alicyclic amines) is 1. The number of fused-ring (bicyclic) bond motifs is 2. The SMILES string of the molecule is Cc1cc(C(=O)N2CC3(C2)CC(F)(F)C3)nnc1N1CCc2ncc(N3CCCn4nccc43)cc2C1. The highest BCUT2D eigenvalue weighted by atomic mass is 19.3. The molecule has 0 aromatic carbocycles. The molecule has 3 aromatic rings. The van der Waals surface area contributed by atoms with Gasteiger partial charge in [0.2, 0.25) is 5.92 Å². The number of amides is 1. The summed E-state index contributed by atoms with van der Waals surface area (Å²) in [6.45, 7) is 5.97. The topological polar surface area (TPSA) is 83.3 Å². The predicted octanol–water partition coefficient (Wildman–Crippen LogP) is 3.35. The first-order valence-electron chi connectivity index (χ1n) is 12.8. The summed E-state index contributed by atoms with van der Waals surface area (Å²) in [5, 5.41) is 13.1. The number of carbonyl (C=O) groups excluding carboxylic acids is 1. The third-order valence-electron chi connectivity index (χ3n) is 8.14. The van der Waals surface area contributed by atoms with Gasteiger partial charge in [-0.05, 0) is 36.6 Å². The van der Waals surface area contributed by atoms with Crippen LogP contribution in [0.15, 0.2) is 30.6 Å². The Bertz CT molecular complexity index is 1390. The van der Waals surface area contributed by atoms with Crippen LogP contribution in [0.5, 0.6) is 0 Å². The number of aryl methyl sites for hydroxylation is 2. The summed E-state index contributed by atoms with van der Waals surface area (Å²) in [7, 11) is 0. The number of anilines is 3. The van der Waals surface area contributed by atoms with Crippen molar-refractivity contribution in [3.8, 4) is 0 Å². The largest absolute Gasteiger partial charge is 0.350 e. The molecule has 0 bridgehead atoms. The number of carbonyl (C=O) groups is 1. The normalized spacial score (nSPS) is 21.2. The monoisotopic (exact) mass is 506 g/mol. The van der Waals surface area contributed by atoms with Gasteiger partial charge < -0.3 is 14.7 Å². The number of nitrogens with zero attached hydrogens (tertiary/aromatic N) is 8. The van der Waals surface area contributed by atoms with Crippen molar-refractivity contribution < 1.29 is 13.6 Å². The molecule has 6 heterocycles. The first kappa shape index (κ1) is 22.6. The van der Waals surface area contributed by atoms with E-state index in [0.29, 0.717) is 19.6 Å². The predicted molar refractivity (Wildman–Crippen MR) is 132 cm³/mol. The molecule has 11 heteroatoms. The van der Waals surface area contributed by atoms with Crippen molar-refractivity contribution in [2.45, 2.75) is 51.6 Å². The van der Waals surface area contributed by atoms with E-state index in [2.05, 4.69) is 31.2 Å². The van der Waals surface area contributed by atoms with E-state index in [0.717, 1.165) is 66.6 Å². The highest BCUT2D eigenvalue weighted by Crippen LogP contribution is 2.56. The van der Waals surface area contributed by atoms with Crippen LogP contribution in [0.1, 0.15) is 46.6 Å². The molecule has 1 aliphatic carbocycles. The molecule has 4 aliphatic rings. The zero-order valence-electron chi connectivity index (χ0n) is 20.7. The van der Waals surface area contributed by atoms with Crippen LogP contribution in [0.3, 0.4) is 0 Å². The van der Waals surface area contributed by atoms with Gasteiger partial charge in [-0.2, -0.15) is 5.10 Å². The lowest BCUT2D eigenvalue weighted by atomic mass is 9.61. The van der Waals surface area contributed by atoms with Gasteiger partial charge in [0.25, 0.3) is 5.91 Å². The summed E-state index contributed by atoms with van der Waals surface area (Å²) >= 11 is 0. The number of hydrogen-bond donors (Lipinski definition) is 0. The Morgan fingerprint density at radius 1 is 1.08 bits per heavy atom. The molecule has 0 N–H and O–H groups in total. The molecule has 1 amide bonds. The van der Waals surface area contributed by atoms with Crippen LogP contribution in [0, 0.1) is 12.3 Å². The number of halogens is 2. The van der Waals surface area contributed by atoms with Gasteiger partial charge in [0.05, 0.1) is 18.1 Å². The van der Waals surface area contributed by atoms with Gasteiger partial charge in [-0.3, -0.25) is 9.78 Å².